The molecule has 0 aliphatic heterocycles. The van der Waals surface area contributed by atoms with Crippen molar-refractivity contribution in [3.63, 3.8) is 0 Å². The van der Waals surface area contributed by atoms with Gasteiger partial charge in [0.2, 0.25) is 0 Å². The molecule has 0 aliphatic carbocycles. The molecule has 3 aromatic carbocycles. The lowest BCUT2D eigenvalue weighted by Crippen LogP contribution is -2.37. The largest absolute Gasteiger partial charge is 0.444 e. The summed E-state index contributed by atoms with van der Waals surface area (Å²) in [6, 6.07) is 32.7. The van der Waals surface area contributed by atoms with Gasteiger partial charge in [-0.3, -0.25) is 0 Å². The van der Waals surface area contributed by atoms with Gasteiger partial charge < -0.3 is 9.64 Å². The van der Waals surface area contributed by atoms with Crippen LogP contribution >= 0.6 is 11.8 Å². The zero-order chi connectivity index (χ0) is 26.6. The minimum atomic E-state index is -0.455. The summed E-state index contributed by atoms with van der Waals surface area (Å²) in [5.74, 6) is 1.06. The standard InChI is InChI=1S/C33H43NO2S/c1-5-25-34(31(35)36-32(2,3)4)26-17-6-7-18-27-37-33(28-19-11-8-12-20-28,29-21-13-9-14-22-29)30-23-15-10-16-24-30/h8-16,19-24H,5-7,17-18,25-27H2,1-4H3. The average molecular weight is 518 g/mol. The number of ether oxygens (including phenoxy) is 1. The molecule has 0 N–H and O–H groups in total. The van der Waals surface area contributed by atoms with Gasteiger partial charge in [0.25, 0.3) is 0 Å². The van der Waals surface area contributed by atoms with Crippen LogP contribution in [-0.4, -0.2) is 35.4 Å². The van der Waals surface area contributed by atoms with Crippen LogP contribution in [0.15, 0.2) is 91.0 Å². The van der Waals surface area contributed by atoms with Crippen LogP contribution in [0.3, 0.4) is 0 Å². The molecule has 0 aliphatic rings. The van der Waals surface area contributed by atoms with Crippen molar-refractivity contribution < 1.29 is 9.53 Å². The van der Waals surface area contributed by atoms with Gasteiger partial charge >= 0.3 is 6.09 Å². The molecule has 37 heavy (non-hydrogen) atoms. The molecular formula is C33H43NO2S. The topological polar surface area (TPSA) is 29.5 Å². The third-order valence-electron chi connectivity index (χ3n) is 6.33. The molecule has 4 heteroatoms. The second kappa shape index (κ2) is 14.3. The van der Waals surface area contributed by atoms with E-state index in [9.17, 15) is 4.79 Å². The number of hydrogen-bond acceptors (Lipinski definition) is 3. The van der Waals surface area contributed by atoms with Crippen LogP contribution in [0.1, 0.15) is 76.5 Å². The first kappa shape index (κ1) is 28.8. The number of benzene rings is 3. The quantitative estimate of drug-likeness (QED) is 0.167. The Labute approximate surface area is 228 Å². The normalized spacial score (nSPS) is 11.8. The van der Waals surface area contributed by atoms with Crippen molar-refractivity contribution in [1.29, 1.82) is 0 Å². The Morgan fingerprint density at radius 3 is 1.59 bits per heavy atom. The van der Waals surface area contributed by atoms with Gasteiger partial charge in [0.15, 0.2) is 0 Å². The maximum absolute atomic E-state index is 12.5. The Bertz CT molecular complexity index is 951. The molecule has 0 atom stereocenters. The Morgan fingerprint density at radius 1 is 0.703 bits per heavy atom. The molecule has 0 saturated heterocycles. The summed E-state index contributed by atoms with van der Waals surface area (Å²) in [6.45, 7) is 9.39. The maximum atomic E-state index is 12.5. The van der Waals surface area contributed by atoms with Gasteiger partial charge in [0, 0.05) is 13.1 Å². The molecule has 198 valence electrons. The first-order valence-electron chi connectivity index (χ1n) is 13.7. The van der Waals surface area contributed by atoms with Crippen molar-refractivity contribution in [2.24, 2.45) is 0 Å². The van der Waals surface area contributed by atoms with Gasteiger partial charge in [0.1, 0.15) is 5.60 Å². The van der Waals surface area contributed by atoms with Crippen LogP contribution in [0.4, 0.5) is 4.79 Å². The molecule has 0 aromatic heterocycles. The number of carbonyl (C=O) groups is 1. The highest BCUT2D eigenvalue weighted by atomic mass is 32.2. The van der Waals surface area contributed by atoms with Crippen molar-refractivity contribution in [2.75, 3.05) is 18.8 Å². The van der Waals surface area contributed by atoms with Crippen LogP contribution in [0.5, 0.6) is 0 Å². The lowest BCUT2D eigenvalue weighted by molar-refractivity contribution is 0.0247. The van der Waals surface area contributed by atoms with Crippen LogP contribution < -0.4 is 0 Å². The molecular weight excluding hydrogens is 474 g/mol. The fraction of sp³-hybridized carbons (Fsp3) is 0.424. The summed E-state index contributed by atoms with van der Waals surface area (Å²) in [5, 5.41) is 0. The third-order valence-corrected chi connectivity index (χ3v) is 7.96. The Balaban J connectivity index is 1.64. The van der Waals surface area contributed by atoms with Gasteiger partial charge in [0.05, 0.1) is 4.75 Å². The van der Waals surface area contributed by atoms with E-state index in [0.29, 0.717) is 0 Å². The van der Waals surface area contributed by atoms with Crippen molar-refractivity contribution in [3.05, 3.63) is 108 Å². The van der Waals surface area contributed by atoms with Gasteiger partial charge in [-0.1, -0.05) is 111 Å². The lowest BCUT2D eigenvalue weighted by Gasteiger charge is -2.35. The summed E-state index contributed by atoms with van der Waals surface area (Å²) in [4.78, 5) is 14.4. The van der Waals surface area contributed by atoms with E-state index in [1.807, 2.05) is 37.4 Å². The predicted octanol–water partition coefficient (Wildman–Crippen LogP) is 8.92. The van der Waals surface area contributed by atoms with Crippen molar-refractivity contribution in [3.8, 4) is 0 Å². The first-order chi connectivity index (χ1) is 17.9. The summed E-state index contributed by atoms with van der Waals surface area (Å²) in [6.07, 6.45) is 5.15. The number of carbonyl (C=O) groups excluding carboxylic acids is 1. The summed E-state index contributed by atoms with van der Waals surface area (Å²) >= 11 is 2.03. The number of rotatable bonds is 13. The summed E-state index contributed by atoms with van der Waals surface area (Å²) < 4.78 is 5.34. The SMILES string of the molecule is CCCN(CCCCCCSC(c1ccccc1)(c1ccccc1)c1ccccc1)C(=O)OC(C)(C)C. The van der Waals surface area contributed by atoms with E-state index in [1.165, 1.54) is 16.7 Å². The molecule has 0 bridgehead atoms. The maximum Gasteiger partial charge on any atom is 0.410 e. The molecule has 0 saturated carbocycles. The number of unbranched alkanes of at least 4 members (excludes halogenated alkanes) is 3. The van der Waals surface area contributed by atoms with E-state index in [4.69, 9.17) is 4.74 Å². The molecule has 0 radical (unpaired) electrons. The van der Waals surface area contributed by atoms with Crippen LogP contribution in [0, 0.1) is 0 Å². The fourth-order valence-corrected chi connectivity index (χ4v) is 6.21. The minimum absolute atomic E-state index is 0.191. The van der Waals surface area contributed by atoms with Crippen molar-refractivity contribution in [2.45, 2.75) is 70.1 Å². The van der Waals surface area contributed by atoms with E-state index in [-0.39, 0.29) is 10.8 Å². The average Bonchev–Trinajstić information content (AvgIpc) is 2.90. The van der Waals surface area contributed by atoms with E-state index in [1.54, 1.807) is 0 Å². The molecule has 3 aromatic rings. The van der Waals surface area contributed by atoms with Crippen LogP contribution in [-0.2, 0) is 9.48 Å². The zero-order valence-electron chi connectivity index (χ0n) is 23.0. The summed E-state index contributed by atoms with van der Waals surface area (Å²) in [7, 11) is 0. The van der Waals surface area contributed by atoms with E-state index in [0.717, 1.165) is 50.9 Å². The van der Waals surface area contributed by atoms with E-state index in [2.05, 4.69) is 97.9 Å². The molecule has 0 heterocycles. The molecule has 1 amide bonds. The number of hydrogen-bond donors (Lipinski definition) is 0. The van der Waals surface area contributed by atoms with Crippen LogP contribution in [0.25, 0.3) is 0 Å². The first-order valence-corrected chi connectivity index (χ1v) is 14.6. The van der Waals surface area contributed by atoms with Gasteiger partial charge in [-0.15, -0.1) is 11.8 Å². The van der Waals surface area contributed by atoms with Gasteiger partial charge in [-0.05, 0) is 62.5 Å². The van der Waals surface area contributed by atoms with E-state index >= 15 is 0 Å². The predicted molar refractivity (Wildman–Crippen MR) is 158 cm³/mol. The molecule has 0 fully saturated rings. The Hall–Kier alpha value is -2.72. The van der Waals surface area contributed by atoms with Crippen LogP contribution in [0.2, 0.25) is 0 Å². The summed E-state index contributed by atoms with van der Waals surface area (Å²) in [5.41, 5.74) is 3.48. The number of thioether (sulfide) groups is 1. The molecule has 3 rings (SSSR count). The monoisotopic (exact) mass is 517 g/mol. The van der Waals surface area contributed by atoms with Crippen molar-refractivity contribution >= 4 is 17.9 Å². The van der Waals surface area contributed by atoms with E-state index < -0.39 is 5.60 Å². The smallest absolute Gasteiger partial charge is 0.410 e. The molecule has 0 spiro atoms. The minimum Gasteiger partial charge on any atom is -0.444 e. The highest BCUT2D eigenvalue weighted by molar-refractivity contribution is 8.00. The highest BCUT2D eigenvalue weighted by Gasteiger charge is 2.36. The Morgan fingerprint density at radius 2 is 1.16 bits per heavy atom. The second-order valence-electron chi connectivity index (χ2n) is 10.5. The second-order valence-corrected chi connectivity index (χ2v) is 11.8. The van der Waals surface area contributed by atoms with Gasteiger partial charge in [-0.2, -0.15) is 0 Å². The molecule has 3 nitrogen and oxygen atoms in total. The van der Waals surface area contributed by atoms with Crippen molar-refractivity contribution in [1.82, 2.24) is 4.90 Å². The highest BCUT2D eigenvalue weighted by Crippen LogP contribution is 2.48. The third kappa shape index (κ3) is 8.39. The fourth-order valence-electron chi connectivity index (χ4n) is 4.64. The lowest BCUT2D eigenvalue weighted by atomic mass is 9.84. The van der Waals surface area contributed by atoms with Gasteiger partial charge in [-0.25, -0.2) is 4.79 Å². The molecule has 0 unspecified atom stereocenters. The number of nitrogens with zero attached hydrogens (tertiary/aromatic N) is 1. The number of amides is 1. The Kier molecular flexibility index (Phi) is 11.1. The zero-order valence-corrected chi connectivity index (χ0v) is 23.8.